The van der Waals surface area contributed by atoms with Crippen molar-refractivity contribution in [3.05, 3.63) is 53.6 Å². The molecular weight excluding hydrogens is 424 g/mol. The first-order valence-electron chi connectivity index (χ1n) is 11.3. The molecule has 172 valence electrons. The SMILES string of the molecule is Cc1ccc(C)c(S(=O)(=O)N2CCN(CC(=O)Nc3ccc(N4CCCC4)cc3)CC2)c1. The second-order valence-electron chi connectivity index (χ2n) is 8.74. The Morgan fingerprint density at radius 3 is 2.22 bits per heavy atom. The summed E-state index contributed by atoms with van der Waals surface area (Å²) in [5, 5.41) is 2.96. The van der Waals surface area contributed by atoms with E-state index in [-0.39, 0.29) is 12.5 Å². The maximum absolute atomic E-state index is 13.1. The van der Waals surface area contributed by atoms with E-state index in [4.69, 9.17) is 0 Å². The van der Waals surface area contributed by atoms with Crippen molar-refractivity contribution in [2.75, 3.05) is 56.0 Å². The summed E-state index contributed by atoms with van der Waals surface area (Å²) in [6.07, 6.45) is 2.47. The summed E-state index contributed by atoms with van der Waals surface area (Å²) in [5.41, 5.74) is 3.67. The van der Waals surface area contributed by atoms with E-state index in [0.29, 0.717) is 31.1 Å². The smallest absolute Gasteiger partial charge is 0.243 e. The molecule has 2 saturated heterocycles. The maximum Gasteiger partial charge on any atom is 0.243 e. The van der Waals surface area contributed by atoms with Gasteiger partial charge in [0.2, 0.25) is 15.9 Å². The zero-order chi connectivity index (χ0) is 22.7. The summed E-state index contributed by atoms with van der Waals surface area (Å²) >= 11 is 0. The van der Waals surface area contributed by atoms with E-state index in [1.807, 2.05) is 43.0 Å². The van der Waals surface area contributed by atoms with Crippen LogP contribution in [0.2, 0.25) is 0 Å². The first-order valence-corrected chi connectivity index (χ1v) is 12.7. The summed E-state index contributed by atoms with van der Waals surface area (Å²) in [5.74, 6) is -0.0789. The minimum absolute atomic E-state index is 0.0789. The molecule has 0 unspecified atom stereocenters. The van der Waals surface area contributed by atoms with E-state index < -0.39 is 10.0 Å². The fraction of sp³-hybridized carbons (Fsp3) is 0.458. The Labute approximate surface area is 191 Å². The number of anilines is 2. The summed E-state index contributed by atoms with van der Waals surface area (Å²) in [7, 11) is -3.52. The van der Waals surface area contributed by atoms with E-state index in [1.165, 1.54) is 22.8 Å². The minimum atomic E-state index is -3.52. The van der Waals surface area contributed by atoms with Crippen LogP contribution in [0.25, 0.3) is 0 Å². The van der Waals surface area contributed by atoms with Crippen molar-refractivity contribution in [1.82, 2.24) is 9.21 Å². The van der Waals surface area contributed by atoms with Crippen LogP contribution >= 0.6 is 0 Å². The molecule has 7 nitrogen and oxygen atoms in total. The molecule has 1 amide bonds. The normalized spacial score (nSPS) is 18.1. The lowest BCUT2D eigenvalue weighted by Crippen LogP contribution is -2.50. The number of amides is 1. The van der Waals surface area contributed by atoms with E-state index in [0.717, 1.165) is 29.9 Å². The summed E-state index contributed by atoms with van der Waals surface area (Å²) in [4.78, 5) is 17.2. The third-order valence-electron chi connectivity index (χ3n) is 6.28. The van der Waals surface area contributed by atoms with Gasteiger partial charge < -0.3 is 10.2 Å². The topological polar surface area (TPSA) is 73.0 Å². The molecule has 2 aliphatic heterocycles. The number of nitrogens with zero attached hydrogens (tertiary/aromatic N) is 3. The van der Waals surface area contributed by atoms with Crippen molar-refractivity contribution >= 4 is 27.3 Å². The molecule has 2 aliphatic rings. The van der Waals surface area contributed by atoms with Crippen molar-refractivity contribution < 1.29 is 13.2 Å². The Morgan fingerprint density at radius 2 is 1.56 bits per heavy atom. The molecule has 0 radical (unpaired) electrons. The summed E-state index contributed by atoms with van der Waals surface area (Å²) in [6.45, 7) is 8.00. The zero-order valence-electron chi connectivity index (χ0n) is 18.9. The molecule has 1 N–H and O–H groups in total. The highest BCUT2D eigenvalue weighted by Gasteiger charge is 2.30. The first kappa shape index (κ1) is 22.8. The van der Waals surface area contributed by atoms with Gasteiger partial charge in [0.25, 0.3) is 0 Å². The Kier molecular flexibility index (Phi) is 6.83. The molecule has 0 bridgehead atoms. The number of sulfonamides is 1. The fourth-order valence-corrected chi connectivity index (χ4v) is 6.12. The fourth-order valence-electron chi connectivity index (χ4n) is 4.39. The molecule has 0 aliphatic carbocycles. The van der Waals surface area contributed by atoms with Gasteiger partial charge in [-0.2, -0.15) is 4.31 Å². The number of hydrogen-bond acceptors (Lipinski definition) is 5. The number of rotatable bonds is 6. The van der Waals surface area contributed by atoms with Gasteiger partial charge in [-0.05, 0) is 68.1 Å². The van der Waals surface area contributed by atoms with Crippen LogP contribution in [-0.2, 0) is 14.8 Å². The Bertz CT molecular complexity index is 1060. The van der Waals surface area contributed by atoms with Crippen molar-refractivity contribution in [1.29, 1.82) is 0 Å². The van der Waals surface area contributed by atoms with Crippen LogP contribution in [0.15, 0.2) is 47.4 Å². The summed E-state index contributed by atoms with van der Waals surface area (Å²) < 4.78 is 27.7. The number of carbonyl (C=O) groups excluding carboxylic acids is 1. The quantitative estimate of drug-likeness (QED) is 0.724. The molecule has 0 aromatic heterocycles. The Morgan fingerprint density at radius 1 is 0.906 bits per heavy atom. The van der Waals surface area contributed by atoms with Crippen LogP contribution in [0.4, 0.5) is 11.4 Å². The molecule has 2 heterocycles. The Balaban J connectivity index is 1.29. The number of carbonyl (C=O) groups is 1. The summed E-state index contributed by atoms with van der Waals surface area (Å²) in [6, 6.07) is 13.5. The second-order valence-corrected chi connectivity index (χ2v) is 10.6. The van der Waals surface area contributed by atoms with Crippen LogP contribution in [-0.4, -0.2) is 69.3 Å². The molecule has 2 fully saturated rings. The predicted molar refractivity (Wildman–Crippen MR) is 128 cm³/mol. The van der Waals surface area contributed by atoms with Gasteiger partial charge in [-0.1, -0.05) is 12.1 Å². The third-order valence-corrected chi connectivity index (χ3v) is 8.32. The van der Waals surface area contributed by atoms with Crippen LogP contribution in [0.3, 0.4) is 0 Å². The van der Waals surface area contributed by atoms with Gasteiger partial charge >= 0.3 is 0 Å². The molecule has 2 aromatic carbocycles. The van der Waals surface area contributed by atoms with Gasteiger partial charge in [-0.15, -0.1) is 0 Å². The lowest BCUT2D eigenvalue weighted by atomic mass is 10.2. The van der Waals surface area contributed by atoms with Crippen LogP contribution in [0.1, 0.15) is 24.0 Å². The first-order chi connectivity index (χ1) is 15.3. The van der Waals surface area contributed by atoms with Crippen LogP contribution < -0.4 is 10.2 Å². The van der Waals surface area contributed by atoms with Gasteiger partial charge in [0.1, 0.15) is 0 Å². The Hall–Kier alpha value is -2.42. The highest BCUT2D eigenvalue weighted by Crippen LogP contribution is 2.23. The number of benzene rings is 2. The molecular formula is C24H32N4O3S. The molecule has 0 atom stereocenters. The van der Waals surface area contributed by atoms with Crippen molar-refractivity contribution in [3.63, 3.8) is 0 Å². The van der Waals surface area contributed by atoms with Gasteiger partial charge in [0, 0.05) is 50.6 Å². The molecule has 4 rings (SSSR count). The van der Waals surface area contributed by atoms with Gasteiger partial charge in [0.15, 0.2) is 0 Å². The maximum atomic E-state index is 13.1. The van der Waals surface area contributed by atoms with Crippen molar-refractivity contribution in [2.24, 2.45) is 0 Å². The van der Waals surface area contributed by atoms with Crippen LogP contribution in [0.5, 0.6) is 0 Å². The van der Waals surface area contributed by atoms with Crippen molar-refractivity contribution in [3.8, 4) is 0 Å². The number of hydrogen-bond donors (Lipinski definition) is 1. The molecule has 0 spiro atoms. The number of piperazine rings is 1. The van der Waals surface area contributed by atoms with Crippen LogP contribution in [0, 0.1) is 13.8 Å². The lowest BCUT2D eigenvalue weighted by Gasteiger charge is -2.33. The molecule has 8 heteroatoms. The largest absolute Gasteiger partial charge is 0.372 e. The van der Waals surface area contributed by atoms with Gasteiger partial charge in [-0.3, -0.25) is 9.69 Å². The molecule has 0 saturated carbocycles. The van der Waals surface area contributed by atoms with E-state index in [1.54, 1.807) is 6.07 Å². The number of nitrogens with one attached hydrogen (secondary N) is 1. The predicted octanol–water partition coefficient (Wildman–Crippen LogP) is 2.85. The second kappa shape index (κ2) is 9.60. The van der Waals surface area contributed by atoms with E-state index >= 15 is 0 Å². The van der Waals surface area contributed by atoms with E-state index in [2.05, 4.69) is 22.3 Å². The average Bonchev–Trinajstić information content (AvgIpc) is 3.31. The van der Waals surface area contributed by atoms with Gasteiger partial charge in [-0.25, -0.2) is 8.42 Å². The molecule has 2 aromatic rings. The lowest BCUT2D eigenvalue weighted by molar-refractivity contribution is -0.117. The molecule has 32 heavy (non-hydrogen) atoms. The standard InChI is InChI=1S/C24H32N4O3S/c1-19-5-6-20(2)23(17-19)32(30,31)28-15-13-26(14-16-28)18-24(29)25-21-7-9-22(10-8-21)27-11-3-4-12-27/h5-10,17H,3-4,11-16,18H2,1-2H3,(H,25,29). The monoisotopic (exact) mass is 456 g/mol. The highest BCUT2D eigenvalue weighted by molar-refractivity contribution is 7.89. The third kappa shape index (κ3) is 5.14. The van der Waals surface area contributed by atoms with Crippen molar-refractivity contribution in [2.45, 2.75) is 31.6 Å². The zero-order valence-corrected chi connectivity index (χ0v) is 19.7. The average molecular weight is 457 g/mol. The number of aryl methyl sites for hydroxylation is 2. The highest BCUT2D eigenvalue weighted by atomic mass is 32.2. The minimum Gasteiger partial charge on any atom is -0.372 e. The van der Waals surface area contributed by atoms with E-state index in [9.17, 15) is 13.2 Å². The van der Waals surface area contributed by atoms with Gasteiger partial charge in [0.05, 0.1) is 11.4 Å².